The van der Waals surface area contributed by atoms with Gasteiger partial charge in [0.15, 0.2) is 0 Å². The van der Waals surface area contributed by atoms with Crippen LogP contribution in [0.2, 0.25) is 0 Å². The van der Waals surface area contributed by atoms with Crippen molar-refractivity contribution in [1.29, 1.82) is 0 Å². The summed E-state index contributed by atoms with van der Waals surface area (Å²) in [6, 6.07) is 6.76. The fourth-order valence-corrected chi connectivity index (χ4v) is 3.85. The van der Waals surface area contributed by atoms with E-state index in [2.05, 4.69) is 14.7 Å². The Hall–Kier alpha value is -2.95. The van der Waals surface area contributed by atoms with Gasteiger partial charge in [-0.15, -0.1) is 11.3 Å². The lowest BCUT2D eigenvalue weighted by Crippen LogP contribution is -2.37. The van der Waals surface area contributed by atoms with Crippen molar-refractivity contribution in [2.24, 2.45) is 0 Å². The third-order valence-corrected chi connectivity index (χ3v) is 5.21. The number of thiophene rings is 1. The number of fused-ring (bicyclic) bond motifs is 1. The second-order valence-corrected chi connectivity index (χ2v) is 7.11. The largest absolute Gasteiger partial charge is 0.471 e. The van der Waals surface area contributed by atoms with Crippen LogP contribution in [0.3, 0.4) is 0 Å². The number of aromatic nitrogens is 2. The molecule has 0 radical (unpaired) electrons. The Morgan fingerprint density at radius 2 is 2.00 bits per heavy atom. The second kappa shape index (κ2) is 6.89. The first kappa shape index (κ1) is 18.4. The second-order valence-electron chi connectivity index (χ2n) is 5.97. The zero-order valence-electron chi connectivity index (χ0n) is 14.0. The summed E-state index contributed by atoms with van der Waals surface area (Å²) in [7, 11) is 0. The molecule has 1 amide bonds. The van der Waals surface area contributed by atoms with Crippen LogP contribution in [-0.2, 0) is 19.1 Å². The zero-order chi connectivity index (χ0) is 19.9. The highest BCUT2D eigenvalue weighted by atomic mass is 32.1. The lowest BCUT2D eigenvalue weighted by Gasteiger charge is -2.25. The predicted molar refractivity (Wildman–Crippen MR) is 89.2 cm³/mol. The fourth-order valence-electron chi connectivity index (χ4n) is 2.69. The Bertz CT molecular complexity index is 1010. The maximum Gasteiger partial charge on any atom is 0.471 e. The van der Waals surface area contributed by atoms with Gasteiger partial charge in [-0.25, -0.2) is 9.18 Å². The van der Waals surface area contributed by atoms with Crippen LogP contribution in [0.15, 0.2) is 34.9 Å². The van der Waals surface area contributed by atoms with Crippen molar-refractivity contribution in [3.8, 4) is 16.5 Å². The van der Waals surface area contributed by atoms with Gasteiger partial charge in [-0.1, -0.05) is 5.16 Å². The highest BCUT2D eigenvalue weighted by Gasteiger charge is 2.38. The normalized spacial score (nSPS) is 14.1. The molecular formula is C17H11F4N3O3S. The monoisotopic (exact) mass is 413 g/mol. The molecule has 3 heterocycles. The van der Waals surface area contributed by atoms with Crippen LogP contribution in [0.1, 0.15) is 16.3 Å². The van der Waals surface area contributed by atoms with E-state index in [1.807, 2.05) is 0 Å². The molecule has 11 heteroatoms. The summed E-state index contributed by atoms with van der Waals surface area (Å²) < 4.78 is 60.2. The first-order chi connectivity index (χ1) is 13.3. The van der Waals surface area contributed by atoms with Crippen molar-refractivity contribution in [1.82, 2.24) is 15.0 Å². The van der Waals surface area contributed by atoms with Crippen LogP contribution >= 0.6 is 11.3 Å². The minimum Gasteiger partial charge on any atom is -0.410 e. The van der Waals surface area contributed by atoms with Crippen LogP contribution in [0, 0.1) is 5.82 Å². The molecule has 1 aliphatic heterocycles. The number of alkyl halides is 3. The van der Waals surface area contributed by atoms with E-state index < -0.39 is 24.0 Å². The van der Waals surface area contributed by atoms with Gasteiger partial charge in [-0.3, -0.25) is 0 Å². The summed E-state index contributed by atoms with van der Waals surface area (Å²) in [6.45, 7) is 0.618. The van der Waals surface area contributed by atoms with E-state index in [9.17, 15) is 22.4 Å². The van der Waals surface area contributed by atoms with Crippen molar-refractivity contribution in [2.45, 2.75) is 19.1 Å². The summed E-state index contributed by atoms with van der Waals surface area (Å²) in [4.78, 5) is 18.4. The number of carbonyl (C=O) groups is 1. The molecule has 0 N–H and O–H groups in total. The maximum atomic E-state index is 12.9. The summed E-state index contributed by atoms with van der Waals surface area (Å²) in [5.74, 6) is -1.77. The number of ether oxygens (including phenoxy) is 1. The van der Waals surface area contributed by atoms with E-state index in [1.165, 1.54) is 40.5 Å². The van der Waals surface area contributed by atoms with Gasteiger partial charge in [-0.2, -0.15) is 18.2 Å². The summed E-state index contributed by atoms with van der Waals surface area (Å²) in [5.41, 5.74) is 0.907. The number of hydrogen-bond acceptors (Lipinski definition) is 6. The quantitative estimate of drug-likeness (QED) is 0.578. The highest BCUT2D eigenvalue weighted by Crippen LogP contribution is 2.35. The molecule has 6 nitrogen and oxygen atoms in total. The molecule has 0 atom stereocenters. The number of amides is 1. The van der Waals surface area contributed by atoms with E-state index in [1.54, 1.807) is 6.07 Å². The van der Waals surface area contributed by atoms with Crippen molar-refractivity contribution >= 4 is 17.4 Å². The molecule has 3 aromatic rings. The summed E-state index contributed by atoms with van der Waals surface area (Å²) >= 11 is 1.19. The molecule has 0 saturated heterocycles. The number of rotatable bonds is 2. The smallest absolute Gasteiger partial charge is 0.410 e. The number of hydrogen-bond donors (Lipinski definition) is 0. The van der Waals surface area contributed by atoms with Gasteiger partial charge in [-0.05, 0) is 42.3 Å². The van der Waals surface area contributed by atoms with Gasteiger partial charge in [0.1, 0.15) is 11.6 Å². The van der Waals surface area contributed by atoms with E-state index in [-0.39, 0.29) is 18.1 Å². The van der Waals surface area contributed by atoms with E-state index >= 15 is 0 Å². The number of nitrogens with zero attached hydrogens (tertiary/aromatic N) is 3. The average Bonchev–Trinajstić information content (AvgIpc) is 3.29. The number of carbonyl (C=O) groups excluding carboxylic acids is 1. The van der Waals surface area contributed by atoms with Crippen LogP contribution < -0.4 is 4.74 Å². The molecule has 2 aromatic heterocycles. The zero-order valence-corrected chi connectivity index (χ0v) is 14.8. The third-order valence-electron chi connectivity index (χ3n) is 4.05. The van der Waals surface area contributed by atoms with Crippen molar-refractivity contribution < 1.29 is 31.6 Å². The van der Waals surface area contributed by atoms with Gasteiger partial charge >= 0.3 is 18.2 Å². The van der Waals surface area contributed by atoms with Crippen LogP contribution in [0.5, 0.6) is 5.75 Å². The Kier molecular flexibility index (Phi) is 4.53. The Morgan fingerprint density at radius 3 is 2.68 bits per heavy atom. The van der Waals surface area contributed by atoms with Crippen LogP contribution in [0.4, 0.5) is 22.4 Å². The van der Waals surface area contributed by atoms with Crippen LogP contribution in [-0.4, -0.2) is 27.7 Å². The minimum absolute atomic E-state index is 0.146. The summed E-state index contributed by atoms with van der Waals surface area (Å²) in [5, 5.41) is 3.38. The topological polar surface area (TPSA) is 68.5 Å². The van der Waals surface area contributed by atoms with Gasteiger partial charge in [0.05, 0.1) is 11.4 Å². The first-order valence-electron chi connectivity index (χ1n) is 8.05. The molecule has 146 valence electrons. The molecule has 1 aliphatic rings. The summed E-state index contributed by atoms with van der Waals surface area (Å²) in [6.07, 6.45) is -4.79. The van der Waals surface area contributed by atoms with E-state index in [4.69, 9.17) is 4.74 Å². The molecular weight excluding hydrogens is 402 g/mol. The molecule has 1 aromatic carbocycles. The molecule has 0 unspecified atom stereocenters. The van der Waals surface area contributed by atoms with Gasteiger partial charge < -0.3 is 14.2 Å². The average molecular weight is 413 g/mol. The van der Waals surface area contributed by atoms with E-state index in [0.717, 1.165) is 10.4 Å². The molecule has 0 aliphatic carbocycles. The van der Waals surface area contributed by atoms with Crippen LogP contribution in [0.25, 0.3) is 10.7 Å². The van der Waals surface area contributed by atoms with Gasteiger partial charge in [0.25, 0.3) is 0 Å². The van der Waals surface area contributed by atoms with Crippen molar-refractivity contribution in [3.05, 3.63) is 52.5 Å². The third kappa shape index (κ3) is 3.70. The molecule has 0 saturated carbocycles. The molecule has 0 bridgehead atoms. The molecule has 28 heavy (non-hydrogen) atoms. The lowest BCUT2D eigenvalue weighted by molar-refractivity contribution is -0.159. The predicted octanol–water partition coefficient (Wildman–Crippen LogP) is 4.51. The Morgan fingerprint density at radius 1 is 1.25 bits per heavy atom. The molecule has 0 fully saturated rings. The number of benzene rings is 1. The van der Waals surface area contributed by atoms with E-state index in [0.29, 0.717) is 17.8 Å². The minimum atomic E-state index is -4.71. The Labute approximate surface area is 159 Å². The first-order valence-corrected chi connectivity index (χ1v) is 8.86. The fraction of sp³-hybridized carbons (Fsp3) is 0.235. The van der Waals surface area contributed by atoms with Crippen molar-refractivity contribution in [3.63, 3.8) is 0 Å². The SMILES string of the molecule is O=C(Oc1ccc(F)cc1)N1CCc2cc(-c3noc(C(F)(F)F)n3)sc2C1. The Balaban J connectivity index is 1.48. The molecule has 4 rings (SSSR count). The standard InChI is InChI=1S/C17H11F4N3O3S/c18-10-1-3-11(4-2-10)26-16(25)24-6-5-9-7-12(28-13(9)8-24)14-22-15(27-23-14)17(19,20)21/h1-4,7H,5-6,8H2. The van der Waals surface area contributed by atoms with Gasteiger partial charge in [0.2, 0.25) is 5.82 Å². The highest BCUT2D eigenvalue weighted by molar-refractivity contribution is 7.15. The van der Waals surface area contributed by atoms with Crippen molar-refractivity contribution in [2.75, 3.05) is 6.54 Å². The lowest BCUT2D eigenvalue weighted by atomic mass is 10.1. The van der Waals surface area contributed by atoms with Gasteiger partial charge in [0, 0.05) is 11.4 Å². The maximum absolute atomic E-state index is 12.9. The number of halogens is 4. The molecule has 0 spiro atoms.